The van der Waals surface area contributed by atoms with Crippen LogP contribution in [0.5, 0.6) is 5.75 Å². The fraction of sp³-hybridized carbons (Fsp3) is 0.364. The molecule has 1 rings (SSSR count). The first-order valence-corrected chi connectivity index (χ1v) is 5.80. The molecule has 1 aromatic carbocycles. The number of halogens is 3. The lowest BCUT2D eigenvalue weighted by molar-refractivity contribution is -0.149. The molecule has 0 bridgehead atoms. The van der Waals surface area contributed by atoms with Crippen LogP contribution < -0.4 is 4.74 Å². The lowest BCUT2D eigenvalue weighted by atomic mass is 10.3. The predicted molar refractivity (Wildman–Crippen MR) is 60.9 cm³/mol. The maximum absolute atomic E-state index is 12.6. The van der Waals surface area contributed by atoms with Gasteiger partial charge < -0.3 is 9.84 Å². The van der Waals surface area contributed by atoms with Gasteiger partial charge in [-0.1, -0.05) is 6.07 Å². The summed E-state index contributed by atoms with van der Waals surface area (Å²) in [5.74, 6) is -1.05. The highest BCUT2D eigenvalue weighted by Crippen LogP contribution is 2.38. The van der Waals surface area contributed by atoms with E-state index in [1.165, 1.54) is 19.2 Å². The lowest BCUT2D eigenvalue weighted by Crippen LogP contribution is -2.28. The Balaban J connectivity index is 2.85. The second kappa shape index (κ2) is 5.99. The third-order valence-electron chi connectivity index (χ3n) is 2.04. The van der Waals surface area contributed by atoms with Crippen molar-refractivity contribution in [3.8, 4) is 5.75 Å². The van der Waals surface area contributed by atoms with Crippen LogP contribution in [-0.4, -0.2) is 29.6 Å². The number of benzene rings is 1. The minimum Gasteiger partial charge on any atom is -0.497 e. The number of carboxylic acids is 1. The van der Waals surface area contributed by atoms with Crippen molar-refractivity contribution in [3.05, 3.63) is 24.3 Å². The van der Waals surface area contributed by atoms with Gasteiger partial charge in [-0.15, -0.1) is 11.8 Å². The van der Waals surface area contributed by atoms with E-state index >= 15 is 0 Å². The SMILES string of the molecule is COc1cccc(SC(CC(=O)O)C(F)(F)F)c1. The molecule has 0 saturated heterocycles. The Kier molecular flexibility index (Phi) is 4.89. The van der Waals surface area contributed by atoms with E-state index < -0.39 is 23.8 Å². The summed E-state index contributed by atoms with van der Waals surface area (Å²) in [5.41, 5.74) is 0. The lowest BCUT2D eigenvalue weighted by Gasteiger charge is -2.18. The maximum Gasteiger partial charge on any atom is 0.401 e. The van der Waals surface area contributed by atoms with E-state index in [0.29, 0.717) is 22.4 Å². The van der Waals surface area contributed by atoms with Crippen LogP contribution in [0.1, 0.15) is 6.42 Å². The number of ether oxygens (including phenoxy) is 1. The van der Waals surface area contributed by atoms with Gasteiger partial charge in [0.1, 0.15) is 11.0 Å². The topological polar surface area (TPSA) is 46.5 Å². The summed E-state index contributed by atoms with van der Waals surface area (Å²) in [7, 11) is 1.41. The third-order valence-corrected chi connectivity index (χ3v) is 3.29. The first-order chi connectivity index (χ1) is 8.32. The second-order valence-electron chi connectivity index (χ2n) is 3.42. The second-order valence-corrected chi connectivity index (χ2v) is 4.70. The highest BCUT2D eigenvalue weighted by atomic mass is 32.2. The summed E-state index contributed by atoms with van der Waals surface area (Å²) < 4.78 is 42.8. The van der Waals surface area contributed by atoms with Crippen LogP contribution in [0.3, 0.4) is 0 Å². The van der Waals surface area contributed by atoms with Crippen molar-refractivity contribution in [2.75, 3.05) is 7.11 Å². The van der Waals surface area contributed by atoms with Crippen molar-refractivity contribution in [2.45, 2.75) is 22.7 Å². The molecule has 1 aromatic rings. The Morgan fingerprint density at radius 3 is 2.67 bits per heavy atom. The zero-order valence-corrected chi connectivity index (χ0v) is 10.2. The third kappa shape index (κ3) is 4.48. The van der Waals surface area contributed by atoms with Gasteiger partial charge in [-0.3, -0.25) is 4.79 Å². The van der Waals surface area contributed by atoms with Crippen molar-refractivity contribution in [1.82, 2.24) is 0 Å². The van der Waals surface area contributed by atoms with Crippen LogP contribution in [0.15, 0.2) is 29.2 Å². The number of hydrogen-bond acceptors (Lipinski definition) is 3. The van der Waals surface area contributed by atoms with Crippen LogP contribution in [0.2, 0.25) is 0 Å². The normalized spacial score (nSPS) is 13.1. The summed E-state index contributed by atoms with van der Waals surface area (Å²) in [6, 6.07) is 6.07. The van der Waals surface area contributed by atoms with E-state index in [9.17, 15) is 18.0 Å². The molecular formula is C11H11F3O3S. The largest absolute Gasteiger partial charge is 0.497 e. The molecule has 0 aliphatic rings. The zero-order valence-electron chi connectivity index (χ0n) is 9.40. The fourth-order valence-corrected chi connectivity index (χ4v) is 2.25. The van der Waals surface area contributed by atoms with Gasteiger partial charge in [0.05, 0.1) is 13.5 Å². The predicted octanol–water partition coefficient (Wildman–Crippen LogP) is 3.19. The number of thioether (sulfide) groups is 1. The molecule has 0 aliphatic heterocycles. The van der Waals surface area contributed by atoms with E-state index in [1.807, 2.05) is 0 Å². The summed E-state index contributed by atoms with van der Waals surface area (Å²) in [6.07, 6.45) is -5.53. The molecule has 0 aromatic heterocycles. The molecule has 18 heavy (non-hydrogen) atoms. The fourth-order valence-electron chi connectivity index (χ4n) is 1.22. The van der Waals surface area contributed by atoms with E-state index in [-0.39, 0.29) is 0 Å². The van der Waals surface area contributed by atoms with Crippen molar-refractivity contribution in [3.63, 3.8) is 0 Å². The smallest absolute Gasteiger partial charge is 0.401 e. The summed E-state index contributed by atoms with van der Waals surface area (Å²) in [5, 5.41) is 6.52. The van der Waals surface area contributed by atoms with Crippen LogP contribution in [0.4, 0.5) is 13.2 Å². The van der Waals surface area contributed by atoms with Crippen molar-refractivity contribution >= 4 is 17.7 Å². The number of methoxy groups -OCH3 is 1. The first-order valence-electron chi connectivity index (χ1n) is 4.92. The van der Waals surface area contributed by atoms with Gasteiger partial charge in [0, 0.05) is 4.90 Å². The zero-order chi connectivity index (χ0) is 13.8. The average Bonchev–Trinajstić information content (AvgIpc) is 2.26. The van der Waals surface area contributed by atoms with Crippen molar-refractivity contribution in [1.29, 1.82) is 0 Å². The number of alkyl halides is 3. The molecule has 3 nitrogen and oxygen atoms in total. The molecule has 1 atom stereocenters. The Labute approximate surface area is 106 Å². The van der Waals surface area contributed by atoms with Gasteiger partial charge in [0.15, 0.2) is 0 Å². The minimum absolute atomic E-state index is 0.318. The number of rotatable bonds is 5. The maximum atomic E-state index is 12.6. The number of aliphatic carboxylic acids is 1. The molecule has 0 radical (unpaired) electrons. The standard InChI is InChI=1S/C11H11F3O3S/c1-17-7-3-2-4-8(5-7)18-9(6-10(15)16)11(12,13)14/h2-5,9H,6H2,1H3,(H,15,16). The molecule has 1 unspecified atom stereocenters. The molecular weight excluding hydrogens is 269 g/mol. The number of hydrogen-bond donors (Lipinski definition) is 1. The molecule has 0 aliphatic carbocycles. The van der Waals surface area contributed by atoms with Crippen LogP contribution >= 0.6 is 11.8 Å². The molecule has 0 fully saturated rings. The van der Waals surface area contributed by atoms with Gasteiger partial charge >= 0.3 is 12.1 Å². The molecule has 100 valence electrons. The van der Waals surface area contributed by atoms with Gasteiger partial charge in [-0.05, 0) is 18.2 Å². The molecule has 7 heteroatoms. The minimum atomic E-state index is -4.56. The average molecular weight is 280 g/mol. The summed E-state index contributed by atoms with van der Waals surface area (Å²) in [6.45, 7) is 0. The Morgan fingerprint density at radius 1 is 1.50 bits per heavy atom. The molecule has 0 heterocycles. The van der Waals surface area contributed by atoms with E-state index in [2.05, 4.69) is 0 Å². The van der Waals surface area contributed by atoms with Crippen molar-refractivity contribution in [2.24, 2.45) is 0 Å². The monoisotopic (exact) mass is 280 g/mol. The Hall–Kier alpha value is -1.37. The summed E-state index contributed by atoms with van der Waals surface area (Å²) in [4.78, 5) is 10.7. The molecule has 1 N–H and O–H groups in total. The van der Waals surface area contributed by atoms with Gasteiger partial charge in [0.2, 0.25) is 0 Å². The van der Waals surface area contributed by atoms with Gasteiger partial charge in [-0.25, -0.2) is 0 Å². The highest BCUT2D eigenvalue weighted by Gasteiger charge is 2.41. The summed E-state index contributed by atoms with van der Waals surface area (Å²) >= 11 is 0.468. The van der Waals surface area contributed by atoms with E-state index in [4.69, 9.17) is 9.84 Å². The molecule has 0 amide bonds. The quantitative estimate of drug-likeness (QED) is 0.841. The van der Waals surface area contributed by atoms with Crippen LogP contribution in [-0.2, 0) is 4.79 Å². The van der Waals surface area contributed by atoms with Crippen LogP contribution in [0.25, 0.3) is 0 Å². The van der Waals surface area contributed by atoms with Gasteiger partial charge in [-0.2, -0.15) is 13.2 Å². The van der Waals surface area contributed by atoms with E-state index in [0.717, 1.165) is 0 Å². The molecule has 0 saturated carbocycles. The van der Waals surface area contributed by atoms with Gasteiger partial charge in [0.25, 0.3) is 0 Å². The Bertz CT molecular complexity index is 420. The first kappa shape index (κ1) is 14.7. The van der Waals surface area contributed by atoms with Crippen LogP contribution in [0, 0.1) is 0 Å². The Morgan fingerprint density at radius 2 is 2.17 bits per heavy atom. The highest BCUT2D eigenvalue weighted by molar-refractivity contribution is 8.00. The van der Waals surface area contributed by atoms with Crippen molar-refractivity contribution < 1.29 is 27.8 Å². The number of carbonyl (C=O) groups is 1. The van der Waals surface area contributed by atoms with E-state index in [1.54, 1.807) is 12.1 Å². The molecule has 0 spiro atoms. The number of carboxylic acid groups (broad SMARTS) is 1.